The van der Waals surface area contributed by atoms with E-state index in [0.29, 0.717) is 6.04 Å². The number of unbranched alkanes of at least 4 members (excludes halogenated alkanes) is 1. The van der Waals surface area contributed by atoms with E-state index in [1.165, 1.54) is 6.42 Å². The first-order valence-electron chi connectivity index (χ1n) is 7.67. The van der Waals surface area contributed by atoms with Crippen molar-refractivity contribution in [3.63, 3.8) is 0 Å². The minimum Gasteiger partial charge on any atom is -0.490 e. The fourth-order valence-electron chi connectivity index (χ4n) is 1.80. The van der Waals surface area contributed by atoms with Gasteiger partial charge in [-0.2, -0.15) is 0 Å². The van der Waals surface area contributed by atoms with Crippen molar-refractivity contribution in [1.82, 2.24) is 9.88 Å². The maximum absolute atomic E-state index is 5.68. The molecule has 4 nitrogen and oxygen atoms in total. The Morgan fingerprint density at radius 1 is 1.35 bits per heavy atom. The number of anilines is 1. The summed E-state index contributed by atoms with van der Waals surface area (Å²) in [6.45, 7) is 9.37. The number of pyridine rings is 1. The third-order valence-corrected chi connectivity index (χ3v) is 3.34. The van der Waals surface area contributed by atoms with E-state index in [1.807, 2.05) is 12.1 Å². The van der Waals surface area contributed by atoms with Crippen LogP contribution in [0, 0.1) is 0 Å². The Hall–Kier alpha value is -1.29. The van der Waals surface area contributed by atoms with Crippen LogP contribution in [-0.2, 0) is 0 Å². The highest BCUT2D eigenvalue weighted by atomic mass is 16.5. The maximum Gasteiger partial charge on any atom is 0.168 e. The van der Waals surface area contributed by atoms with Crippen LogP contribution < -0.4 is 10.1 Å². The first-order chi connectivity index (χ1) is 9.65. The van der Waals surface area contributed by atoms with E-state index >= 15 is 0 Å². The van der Waals surface area contributed by atoms with Gasteiger partial charge in [0.05, 0.1) is 6.61 Å². The third-order valence-electron chi connectivity index (χ3n) is 3.34. The molecule has 0 aromatic carbocycles. The Bertz CT molecular complexity index is 368. The number of nitrogens with one attached hydrogen (secondary N) is 1. The zero-order valence-corrected chi connectivity index (χ0v) is 13.4. The van der Waals surface area contributed by atoms with Crippen molar-refractivity contribution in [3.8, 4) is 5.75 Å². The largest absolute Gasteiger partial charge is 0.490 e. The van der Waals surface area contributed by atoms with Crippen LogP contribution in [0.25, 0.3) is 0 Å². The van der Waals surface area contributed by atoms with Crippen molar-refractivity contribution in [3.05, 3.63) is 18.3 Å². The van der Waals surface area contributed by atoms with E-state index in [4.69, 9.17) is 4.74 Å². The summed E-state index contributed by atoms with van der Waals surface area (Å²) in [5.41, 5.74) is 0. The van der Waals surface area contributed by atoms with E-state index in [9.17, 15) is 0 Å². The van der Waals surface area contributed by atoms with Crippen LogP contribution in [0.15, 0.2) is 18.3 Å². The highest BCUT2D eigenvalue weighted by Gasteiger charge is 2.04. The summed E-state index contributed by atoms with van der Waals surface area (Å²) in [4.78, 5) is 6.72. The molecule has 0 fully saturated rings. The van der Waals surface area contributed by atoms with E-state index < -0.39 is 0 Å². The Labute approximate surface area is 123 Å². The number of nitrogens with zero attached hydrogens (tertiary/aromatic N) is 2. The maximum atomic E-state index is 5.68. The van der Waals surface area contributed by atoms with Crippen molar-refractivity contribution in [2.75, 3.05) is 32.1 Å². The molecule has 4 heteroatoms. The number of aromatic nitrogens is 1. The van der Waals surface area contributed by atoms with Gasteiger partial charge in [0, 0.05) is 18.8 Å². The fourth-order valence-corrected chi connectivity index (χ4v) is 1.80. The van der Waals surface area contributed by atoms with Crippen molar-refractivity contribution >= 4 is 5.82 Å². The van der Waals surface area contributed by atoms with Crippen molar-refractivity contribution in [1.29, 1.82) is 0 Å². The van der Waals surface area contributed by atoms with E-state index in [2.05, 4.69) is 43.0 Å². The number of hydrogen-bond donors (Lipinski definition) is 1. The quantitative estimate of drug-likeness (QED) is 0.666. The van der Waals surface area contributed by atoms with Crippen LogP contribution in [0.1, 0.15) is 40.0 Å². The van der Waals surface area contributed by atoms with Gasteiger partial charge in [0.1, 0.15) is 0 Å². The lowest BCUT2D eigenvalue weighted by Gasteiger charge is -2.20. The number of hydrogen-bond acceptors (Lipinski definition) is 4. The molecule has 0 aliphatic rings. The van der Waals surface area contributed by atoms with Crippen LogP contribution in [0.3, 0.4) is 0 Å². The molecule has 1 heterocycles. The molecule has 1 N–H and O–H groups in total. The molecule has 1 rings (SSSR count). The van der Waals surface area contributed by atoms with Gasteiger partial charge >= 0.3 is 0 Å². The molecule has 0 radical (unpaired) electrons. The molecule has 0 amide bonds. The second-order valence-corrected chi connectivity index (χ2v) is 5.41. The predicted molar refractivity (Wildman–Crippen MR) is 85.5 cm³/mol. The van der Waals surface area contributed by atoms with E-state index in [-0.39, 0.29) is 0 Å². The minimum atomic E-state index is 0.618. The molecule has 114 valence electrons. The van der Waals surface area contributed by atoms with Gasteiger partial charge in [-0.3, -0.25) is 0 Å². The standard InChI is InChI=1S/C16H29N3O/c1-5-13-20-15-9-8-11-18-16(15)17-10-6-7-12-19(4)14(2)3/h8-9,11,14H,5-7,10,12-13H2,1-4H3,(H,17,18). The Morgan fingerprint density at radius 2 is 2.15 bits per heavy atom. The van der Waals surface area contributed by atoms with Crippen LogP contribution in [0.4, 0.5) is 5.82 Å². The van der Waals surface area contributed by atoms with Crippen LogP contribution in [0.2, 0.25) is 0 Å². The van der Waals surface area contributed by atoms with Gasteiger partial charge in [-0.05, 0) is 58.8 Å². The van der Waals surface area contributed by atoms with Crippen LogP contribution in [-0.4, -0.2) is 42.7 Å². The Balaban J connectivity index is 2.28. The van der Waals surface area contributed by atoms with Gasteiger partial charge in [0.25, 0.3) is 0 Å². The van der Waals surface area contributed by atoms with Crippen molar-refractivity contribution in [2.45, 2.75) is 46.1 Å². The molecular weight excluding hydrogens is 250 g/mol. The molecule has 20 heavy (non-hydrogen) atoms. The smallest absolute Gasteiger partial charge is 0.168 e. The zero-order chi connectivity index (χ0) is 14.8. The lowest BCUT2D eigenvalue weighted by Crippen LogP contribution is -2.27. The summed E-state index contributed by atoms with van der Waals surface area (Å²) in [5.74, 6) is 1.71. The van der Waals surface area contributed by atoms with Gasteiger partial charge in [0.2, 0.25) is 0 Å². The second-order valence-electron chi connectivity index (χ2n) is 5.41. The van der Waals surface area contributed by atoms with Gasteiger partial charge in [-0.25, -0.2) is 4.98 Å². The SMILES string of the molecule is CCCOc1cccnc1NCCCCN(C)C(C)C. The Kier molecular flexibility index (Phi) is 8.04. The number of ether oxygens (including phenoxy) is 1. The molecule has 0 aliphatic carbocycles. The van der Waals surface area contributed by atoms with Gasteiger partial charge in [-0.1, -0.05) is 6.92 Å². The van der Waals surface area contributed by atoms with Gasteiger partial charge in [-0.15, -0.1) is 0 Å². The first-order valence-corrected chi connectivity index (χ1v) is 7.67. The lowest BCUT2D eigenvalue weighted by atomic mass is 10.2. The molecule has 0 aliphatic heterocycles. The normalized spacial score (nSPS) is 11.1. The fraction of sp³-hybridized carbons (Fsp3) is 0.688. The Morgan fingerprint density at radius 3 is 2.85 bits per heavy atom. The molecule has 0 unspecified atom stereocenters. The topological polar surface area (TPSA) is 37.4 Å². The third kappa shape index (κ3) is 6.24. The predicted octanol–water partition coefficient (Wildman–Crippen LogP) is 3.40. The highest BCUT2D eigenvalue weighted by molar-refractivity contribution is 5.49. The summed E-state index contributed by atoms with van der Waals surface area (Å²) in [6, 6.07) is 4.50. The van der Waals surface area contributed by atoms with Gasteiger partial charge < -0.3 is 15.0 Å². The minimum absolute atomic E-state index is 0.618. The number of rotatable bonds is 10. The summed E-state index contributed by atoms with van der Waals surface area (Å²) in [6.07, 6.45) is 5.14. The van der Waals surface area contributed by atoms with Crippen molar-refractivity contribution in [2.24, 2.45) is 0 Å². The summed E-state index contributed by atoms with van der Waals surface area (Å²) in [7, 11) is 2.17. The molecule has 0 bridgehead atoms. The van der Waals surface area contributed by atoms with E-state index in [1.54, 1.807) is 6.20 Å². The van der Waals surface area contributed by atoms with Crippen molar-refractivity contribution < 1.29 is 4.74 Å². The summed E-state index contributed by atoms with van der Waals surface area (Å²) < 4.78 is 5.68. The molecule has 0 saturated carbocycles. The zero-order valence-electron chi connectivity index (χ0n) is 13.4. The summed E-state index contributed by atoms with van der Waals surface area (Å²) >= 11 is 0. The molecule has 0 atom stereocenters. The monoisotopic (exact) mass is 279 g/mol. The van der Waals surface area contributed by atoms with E-state index in [0.717, 1.165) is 44.1 Å². The second kappa shape index (κ2) is 9.59. The molecule has 0 spiro atoms. The average Bonchev–Trinajstić information content (AvgIpc) is 2.45. The lowest BCUT2D eigenvalue weighted by molar-refractivity contribution is 0.269. The molecular formula is C16H29N3O. The molecule has 1 aromatic rings. The van der Waals surface area contributed by atoms with Crippen LogP contribution >= 0.6 is 0 Å². The first kappa shape index (κ1) is 16.8. The van der Waals surface area contributed by atoms with Gasteiger partial charge in [0.15, 0.2) is 11.6 Å². The summed E-state index contributed by atoms with van der Waals surface area (Å²) in [5, 5.41) is 3.37. The average molecular weight is 279 g/mol. The molecule has 1 aromatic heterocycles. The van der Waals surface area contributed by atoms with Crippen LogP contribution in [0.5, 0.6) is 5.75 Å². The highest BCUT2D eigenvalue weighted by Crippen LogP contribution is 2.20. The molecule has 0 saturated heterocycles.